The summed E-state index contributed by atoms with van der Waals surface area (Å²) in [4.78, 5) is 18.8. The van der Waals surface area contributed by atoms with Gasteiger partial charge in [-0.15, -0.1) is 11.3 Å². The van der Waals surface area contributed by atoms with E-state index >= 15 is 0 Å². The average molecular weight is 297 g/mol. The fraction of sp³-hybridized carbons (Fsp3) is 0.714. The van der Waals surface area contributed by atoms with Crippen molar-refractivity contribution in [2.24, 2.45) is 5.92 Å². The molecule has 1 amide bonds. The Labute approximate surface area is 124 Å². The molecule has 1 aliphatic rings. The van der Waals surface area contributed by atoms with E-state index in [0.717, 1.165) is 32.7 Å². The molecule has 112 valence electrons. The molecule has 20 heavy (non-hydrogen) atoms. The minimum Gasteiger partial charge on any atom is -0.375 e. The Balaban J connectivity index is 1.67. The van der Waals surface area contributed by atoms with Gasteiger partial charge in [-0.25, -0.2) is 0 Å². The van der Waals surface area contributed by atoms with Crippen molar-refractivity contribution in [3.63, 3.8) is 0 Å². The first-order valence-corrected chi connectivity index (χ1v) is 8.03. The number of hydrogen-bond donors (Lipinski definition) is 1. The van der Waals surface area contributed by atoms with Gasteiger partial charge in [-0.05, 0) is 12.3 Å². The summed E-state index contributed by atoms with van der Waals surface area (Å²) in [6.45, 7) is 9.01. The highest BCUT2D eigenvalue weighted by Gasteiger charge is 2.20. The first kappa shape index (κ1) is 15.4. The summed E-state index contributed by atoms with van der Waals surface area (Å²) >= 11 is 1.36. The zero-order valence-corrected chi connectivity index (χ0v) is 13.0. The van der Waals surface area contributed by atoms with Crippen LogP contribution in [0.4, 0.5) is 0 Å². The molecule has 0 aliphatic carbocycles. The van der Waals surface area contributed by atoms with Gasteiger partial charge in [-0.3, -0.25) is 14.7 Å². The predicted octanol–water partition coefficient (Wildman–Crippen LogP) is 1.62. The number of aromatic nitrogens is 1. The summed E-state index contributed by atoms with van der Waals surface area (Å²) in [6.07, 6.45) is 2.69. The van der Waals surface area contributed by atoms with Crippen LogP contribution in [0.25, 0.3) is 0 Å². The van der Waals surface area contributed by atoms with Crippen LogP contribution < -0.4 is 5.32 Å². The maximum Gasteiger partial charge on any atom is 0.262 e. The Morgan fingerprint density at radius 2 is 2.50 bits per heavy atom. The minimum absolute atomic E-state index is 0.0395. The van der Waals surface area contributed by atoms with Gasteiger partial charge in [0.1, 0.15) is 4.88 Å². The number of nitrogens with zero attached hydrogens (tertiary/aromatic N) is 2. The van der Waals surface area contributed by atoms with Crippen LogP contribution in [0, 0.1) is 5.92 Å². The largest absolute Gasteiger partial charge is 0.375 e. The van der Waals surface area contributed by atoms with Crippen molar-refractivity contribution < 1.29 is 9.53 Å². The molecule has 1 N–H and O–H groups in total. The normalized spacial score (nSPS) is 20.2. The van der Waals surface area contributed by atoms with Crippen LogP contribution in [0.15, 0.2) is 11.7 Å². The summed E-state index contributed by atoms with van der Waals surface area (Å²) < 4.78 is 5.76. The van der Waals surface area contributed by atoms with Crippen molar-refractivity contribution in [1.29, 1.82) is 0 Å². The van der Waals surface area contributed by atoms with E-state index in [9.17, 15) is 4.79 Å². The third-order valence-electron chi connectivity index (χ3n) is 3.25. The van der Waals surface area contributed by atoms with Crippen molar-refractivity contribution in [1.82, 2.24) is 15.2 Å². The monoisotopic (exact) mass is 297 g/mol. The van der Waals surface area contributed by atoms with Crippen molar-refractivity contribution in [2.45, 2.75) is 26.4 Å². The lowest BCUT2D eigenvalue weighted by atomic mass is 10.1. The maximum absolute atomic E-state index is 11.8. The smallest absolute Gasteiger partial charge is 0.262 e. The predicted molar refractivity (Wildman–Crippen MR) is 80.1 cm³/mol. The highest BCUT2D eigenvalue weighted by molar-refractivity contribution is 7.11. The lowest BCUT2D eigenvalue weighted by Gasteiger charge is -2.33. The van der Waals surface area contributed by atoms with Gasteiger partial charge in [0.05, 0.1) is 24.4 Å². The van der Waals surface area contributed by atoms with Crippen molar-refractivity contribution in [3.8, 4) is 0 Å². The van der Waals surface area contributed by atoms with E-state index in [0.29, 0.717) is 17.3 Å². The second-order valence-corrected chi connectivity index (χ2v) is 6.44. The molecule has 1 aliphatic heterocycles. The molecule has 0 spiro atoms. The molecule has 1 atom stereocenters. The molecule has 1 saturated heterocycles. The number of morpholine rings is 1. The molecule has 0 aromatic carbocycles. The summed E-state index contributed by atoms with van der Waals surface area (Å²) in [7, 11) is 0. The molecule has 1 aromatic rings. The Bertz CT molecular complexity index is 409. The molecule has 0 bridgehead atoms. The number of carbonyl (C=O) groups excluding carboxylic acids is 1. The average Bonchev–Trinajstić information content (AvgIpc) is 2.92. The first-order chi connectivity index (χ1) is 9.65. The first-order valence-electron chi connectivity index (χ1n) is 7.16. The van der Waals surface area contributed by atoms with E-state index in [1.165, 1.54) is 11.3 Å². The van der Waals surface area contributed by atoms with Gasteiger partial charge in [0, 0.05) is 26.2 Å². The van der Waals surface area contributed by atoms with Crippen LogP contribution in [0.5, 0.6) is 0 Å². The zero-order valence-electron chi connectivity index (χ0n) is 12.2. The van der Waals surface area contributed by atoms with Crippen LogP contribution in [-0.4, -0.2) is 54.7 Å². The quantitative estimate of drug-likeness (QED) is 0.867. The van der Waals surface area contributed by atoms with Gasteiger partial charge in [-0.1, -0.05) is 13.8 Å². The molecule has 1 aromatic heterocycles. The van der Waals surface area contributed by atoms with Gasteiger partial charge < -0.3 is 10.1 Å². The third-order valence-corrected chi connectivity index (χ3v) is 4.03. The van der Waals surface area contributed by atoms with E-state index in [1.54, 1.807) is 11.7 Å². The molecule has 5 nitrogen and oxygen atoms in total. The Kier molecular flexibility index (Phi) is 5.94. The van der Waals surface area contributed by atoms with Crippen molar-refractivity contribution >= 4 is 17.2 Å². The summed E-state index contributed by atoms with van der Waals surface area (Å²) in [5.74, 6) is 0.641. The van der Waals surface area contributed by atoms with E-state index in [4.69, 9.17) is 4.74 Å². The molecule has 0 saturated carbocycles. The molecule has 2 heterocycles. The Hall–Kier alpha value is -0.980. The molecular weight excluding hydrogens is 274 g/mol. The van der Waals surface area contributed by atoms with Crippen LogP contribution in [0.1, 0.15) is 29.9 Å². The van der Waals surface area contributed by atoms with Crippen LogP contribution in [0.3, 0.4) is 0 Å². The van der Waals surface area contributed by atoms with E-state index in [-0.39, 0.29) is 12.0 Å². The molecular formula is C14H23N3O2S. The fourth-order valence-corrected chi connectivity index (χ4v) is 2.94. The number of hydrogen-bond acceptors (Lipinski definition) is 5. The zero-order chi connectivity index (χ0) is 14.4. The van der Waals surface area contributed by atoms with Gasteiger partial charge in [-0.2, -0.15) is 0 Å². The van der Waals surface area contributed by atoms with Gasteiger partial charge in [0.2, 0.25) is 0 Å². The lowest BCUT2D eigenvalue weighted by Crippen LogP contribution is -2.45. The van der Waals surface area contributed by atoms with Crippen molar-refractivity contribution in [3.05, 3.63) is 16.6 Å². The fourth-order valence-electron chi connectivity index (χ4n) is 2.40. The third kappa shape index (κ3) is 4.85. The second-order valence-electron chi connectivity index (χ2n) is 5.56. The lowest BCUT2D eigenvalue weighted by molar-refractivity contribution is -0.0344. The number of rotatable bonds is 6. The Morgan fingerprint density at radius 1 is 1.65 bits per heavy atom. The number of ether oxygens (including phenoxy) is 1. The maximum atomic E-state index is 11.8. The molecule has 2 rings (SSSR count). The van der Waals surface area contributed by atoms with Crippen LogP contribution >= 0.6 is 11.3 Å². The molecule has 1 unspecified atom stereocenters. The second kappa shape index (κ2) is 7.71. The van der Waals surface area contributed by atoms with Gasteiger partial charge in [0.25, 0.3) is 5.91 Å². The number of thiazole rings is 1. The summed E-state index contributed by atoms with van der Waals surface area (Å²) in [6, 6.07) is 0. The van der Waals surface area contributed by atoms with E-state index < -0.39 is 0 Å². The number of nitrogens with one attached hydrogen (secondary N) is 1. The highest BCUT2D eigenvalue weighted by atomic mass is 32.1. The van der Waals surface area contributed by atoms with Crippen molar-refractivity contribution in [2.75, 3.05) is 32.8 Å². The Morgan fingerprint density at radius 3 is 3.20 bits per heavy atom. The molecule has 6 heteroatoms. The van der Waals surface area contributed by atoms with E-state index in [1.807, 2.05) is 0 Å². The van der Waals surface area contributed by atoms with E-state index in [2.05, 4.69) is 29.0 Å². The van der Waals surface area contributed by atoms with Crippen LogP contribution in [0.2, 0.25) is 0 Å². The summed E-state index contributed by atoms with van der Waals surface area (Å²) in [5, 5.41) is 2.92. The summed E-state index contributed by atoms with van der Waals surface area (Å²) in [5.41, 5.74) is 1.67. The number of carbonyl (C=O) groups is 1. The SMILES string of the molecule is CC(C)CN1CCOC(CCNC(=O)c2cncs2)C1. The van der Waals surface area contributed by atoms with Gasteiger partial charge >= 0.3 is 0 Å². The van der Waals surface area contributed by atoms with Crippen LogP contribution in [-0.2, 0) is 4.74 Å². The van der Waals surface area contributed by atoms with Gasteiger partial charge in [0.15, 0.2) is 0 Å². The molecule has 0 radical (unpaired) electrons. The number of amides is 1. The highest BCUT2D eigenvalue weighted by Crippen LogP contribution is 2.10. The topological polar surface area (TPSA) is 54.5 Å². The molecule has 1 fully saturated rings. The minimum atomic E-state index is -0.0395. The standard InChI is InChI=1S/C14H23N3O2S/c1-11(2)8-17-5-6-19-12(9-17)3-4-16-14(18)13-7-15-10-20-13/h7,10-12H,3-6,8-9H2,1-2H3,(H,16,18).